The van der Waals surface area contributed by atoms with Crippen molar-refractivity contribution in [3.05, 3.63) is 29.6 Å². The molecular formula is C11H14FN3O3. The van der Waals surface area contributed by atoms with Crippen molar-refractivity contribution in [1.82, 2.24) is 5.32 Å². The van der Waals surface area contributed by atoms with Crippen molar-refractivity contribution < 1.29 is 19.5 Å². The predicted octanol–water partition coefficient (Wildman–Crippen LogP) is 0.786. The molecule has 1 amide bonds. The zero-order valence-electron chi connectivity index (χ0n) is 9.72. The van der Waals surface area contributed by atoms with Crippen molar-refractivity contribution in [2.24, 2.45) is 10.9 Å². The summed E-state index contributed by atoms with van der Waals surface area (Å²) in [6.07, 6.45) is 0.137. The molecule has 6 nitrogen and oxygen atoms in total. The Bertz CT molecular complexity index is 477. The number of nitrogens with two attached hydrogens (primary N) is 1. The summed E-state index contributed by atoms with van der Waals surface area (Å²) in [4.78, 5) is 11.7. The van der Waals surface area contributed by atoms with Gasteiger partial charge in [0.15, 0.2) is 0 Å². The second kappa shape index (κ2) is 5.85. The van der Waals surface area contributed by atoms with Crippen LogP contribution in [-0.2, 0) is 0 Å². The molecule has 1 unspecified atom stereocenters. The van der Waals surface area contributed by atoms with E-state index in [1.807, 2.05) is 0 Å². The fourth-order valence-electron chi connectivity index (χ4n) is 1.40. The van der Waals surface area contributed by atoms with Gasteiger partial charge in [-0.15, -0.1) is 0 Å². The van der Waals surface area contributed by atoms with Gasteiger partial charge in [-0.3, -0.25) is 4.79 Å². The first-order valence-corrected chi connectivity index (χ1v) is 5.19. The molecule has 5 N–H and O–H groups in total. The summed E-state index contributed by atoms with van der Waals surface area (Å²) in [5, 5.41) is 23.1. The molecule has 0 saturated carbocycles. The Balaban J connectivity index is 2.73. The minimum absolute atomic E-state index is 0.0359. The lowest BCUT2D eigenvalue weighted by Crippen LogP contribution is -2.35. The van der Waals surface area contributed by atoms with Gasteiger partial charge in [-0.1, -0.05) is 5.16 Å². The Hall–Kier alpha value is -2.31. The number of rotatable bonds is 4. The number of amides is 1. The van der Waals surface area contributed by atoms with Gasteiger partial charge in [0.25, 0.3) is 5.91 Å². The van der Waals surface area contributed by atoms with Crippen LogP contribution in [0, 0.1) is 5.82 Å². The van der Waals surface area contributed by atoms with Crippen LogP contribution >= 0.6 is 0 Å². The summed E-state index contributed by atoms with van der Waals surface area (Å²) >= 11 is 0. The minimum atomic E-state index is -0.634. The standard InChI is InChI=1S/C11H14FN3O3/c1-6(4-10(13)15-18)14-11(17)8-5-7(12)2-3-9(8)16/h2-3,5-6,16,18H,4H2,1H3,(H2,13,15)(H,14,17). The van der Waals surface area contributed by atoms with Crippen LogP contribution < -0.4 is 11.1 Å². The van der Waals surface area contributed by atoms with Crippen LogP contribution in [0.5, 0.6) is 5.75 Å². The van der Waals surface area contributed by atoms with Crippen LogP contribution in [0.4, 0.5) is 4.39 Å². The molecule has 18 heavy (non-hydrogen) atoms. The third-order valence-corrected chi connectivity index (χ3v) is 2.22. The Labute approximate surface area is 103 Å². The number of nitrogens with one attached hydrogen (secondary N) is 1. The molecule has 0 aliphatic rings. The highest BCUT2D eigenvalue weighted by molar-refractivity contribution is 5.97. The summed E-state index contributed by atoms with van der Waals surface area (Å²) < 4.78 is 12.9. The molecule has 7 heteroatoms. The lowest BCUT2D eigenvalue weighted by molar-refractivity contribution is 0.0938. The number of phenols is 1. The van der Waals surface area contributed by atoms with Crippen molar-refractivity contribution in [2.45, 2.75) is 19.4 Å². The topological polar surface area (TPSA) is 108 Å². The molecule has 0 spiro atoms. The van der Waals surface area contributed by atoms with Gasteiger partial charge < -0.3 is 21.4 Å². The van der Waals surface area contributed by atoms with Gasteiger partial charge >= 0.3 is 0 Å². The Morgan fingerprint density at radius 2 is 2.28 bits per heavy atom. The fraction of sp³-hybridized carbons (Fsp3) is 0.273. The smallest absolute Gasteiger partial charge is 0.255 e. The number of benzene rings is 1. The molecule has 1 rings (SSSR count). The normalized spacial score (nSPS) is 13.1. The van der Waals surface area contributed by atoms with Crippen LogP contribution in [0.1, 0.15) is 23.7 Å². The fourth-order valence-corrected chi connectivity index (χ4v) is 1.40. The number of amidine groups is 1. The van der Waals surface area contributed by atoms with Crippen LogP contribution in [0.3, 0.4) is 0 Å². The number of halogens is 1. The van der Waals surface area contributed by atoms with E-state index in [4.69, 9.17) is 10.9 Å². The highest BCUT2D eigenvalue weighted by Crippen LogP contribution is 2.17. The van der Waals surface area contributed by atoms with Gasteiger partial charge in [-0.25, -0.2) is 4.39 Å². The number of oxime groups is 1. The highest BCUT2D eigenvalue weighted by Gasteiger charge is 2.15. The zero-order valence-corrected chi connectivity index (χ0v) is 9.72. The SMILES string of the molecule is CC(C/C(N)=N/O)NC(=O)c1cc(F)ccc1O. The monoisotopic (exact) mass is 255 g/mol. The Morgan fingerprint density at radius 1 is 1.61 bits per heavy atom. The second-order valence-corrected chi connectivity index (χ2v) is 3.83. The maximum atomic E-state index is 12.9. The molecule has 0 fully saturated rings. The molecule has 0 heterocycles. The van der Waals surface area contributed by atoms with Crippen molar-refractivity contribution in [1.29, 1.82) is 0 Å². The van der Waals surface area contributed by atoms with Crippen LogP contribution in [0.25, 0.3) is 0 Å². The molecule has 0 bridgehead atoms. The van der Waals surface area contributed by atoms with E-state index in [0.29, 0.717) is 0 Å². The summed E-state index contributed by atoms with van der Waals surface area (Å²) in [5.41, 5.74) is 5.12. The molecule has 1 aromatic carbocycles. The molecule has 98 valence electrons. The summed E-state index contributed by atoms with van der Waals surface area (Å²) in [6.45, 7) is 1.63. The second-order valence-electron chi connectivity index (χ2n) is 3.83. The molecule has 0 aromatic heterocycles. The molecule has 0 radical (unpaired) electrons. The number of phenolic OH excluding ortho intramolecular Hbond substituents is 1. The summed E-state index contributed by atoms with van der Waals surface area (Å²) in [5.74, 6) is -1.61. The molecule has 0 saturated heterocycles. The van der Waals surface area contributed by atoms with E-state index in [1.165, 1.54) is 0 Å². The van der Waals surface area contributed by atoms with Crippen LogP contribution in [-0.4, -0.2) is 28.1 Å². The maximum Gasteiger partial charge on any atom is 0.255 e. The lowest BCUT2D eigenvalue weighted by atomic mass is 10.1. The van der Waals surface area contributed by atoms with Gasteiger partial charge in [0.1, 0.15) is 17.4 Å². The Morgan fingerprint density at radius 3 is 2.89 bits per heavy atom. The quantitative estimate of drug-likeness (QED) is 0.276. The first kappa shape index (κ1) is 13.8. The largest absolute Gasteiger partial charge is 0.507 e. The molecule has 0 aliphatic heterocycles. The molecule has 1 aromatic rings. The minimum Gasteiger partial charge on any atom is -0.507 e. The molecule has 0 aliphatic carbocycles. The van der Waals surface area contributed by atoms with Crippen LogP contribution in [0.15, 0.2) is 23.4 Å². The van der Waals surface area contributed by atoms with Crippen molar-refractivity contribution in [3.8, 4) is 5.75 Å². The highest BCUT2D eigenvalue weighted by atomic mass is 19.1. The van der Waals surface area contributed by atoms with Gasteiger partial charge in [-0.05, 0) is 25.1 Å². The number of carbonyl (C=O) groups is 1. The summed E-state index contributed by atoms with van der Waals surface area (Å²) in [6, 6.07) is 2.65. The number of nitrogens with zero attached hydrogens (tertiary/aromatic N) is 1. The number of aromatic hydroxyl groups is 1. The van der Waals surface area contributed by atoms with Crippen molar-refractivity contribution >= 4 is 11.7 Å². The summed E-state index contributed by atoms with van der Waals surface area (Å²) in [7, 11) is 0. The molecule has 1 atom stereocenters. The average Bonchev–Trinajstić information content (AvgIpc) is 2.31. The number of hydrogen-bond acceptors (Lipinski definition) is 4. The van der Waals surface area contributed by atoms with Crippen molar-refractivity contribution in [3.63, 3.8) is 0 Å². The Kier molecular flexibility index (Phi) is 4.47. The zero-order chi connectivity index (χ0) is 13.7. The lowest BCUT2D eigenvalue weighted by Gasteiger charge is -2.13. The van der Waals surface area contributed by atoms with Gasteiger partial charge in [0.2, 0.25) is 0 Å². The number of hydrogen-bond donors (Lipinski definition) is 4. The molecular weight excluding hydrogens is 241 g/mol. The van der Waals surface area contributed by atoms with Gasteiger partial charge in [0, 0.05) is 12.5 Å². The van der Waals surface area contributed by atoms with Crippen molar-refractivity contribution in [2.75, 3.05) is 0 Å². The first-order valence-electron chi connectivity index (χ1n) is 5.19. The van der Waals surface area contributed by atoms with E-state index in [0.717, 1.165) is 18.2 Å². The van der Waals surface area contributed by atoms with E-state index < -0.39 is 17.8 Å². The first-order chi connectivity index (χ1) is 8.43. The van der Waals surface area contributed by atoms with Gasteiger partial charge in [-0.2, -0.15) is 0 Å². The predicted molar refractivity (Wildman–Crippen MR) is 63.0 cm³/mol. The third-order valence-electron chi connectivity index (χ3n) is 2.22. The number of carbonyl (C=O) groups excluding carboxylic acids is 1. The third kappa shape index (κ3) is 3.62. The van der Waals surface area contributed by atoms with E-state index in [2.05, 4.69) is 10.5 Å². The van der Waals surface area contributed by atoms with E-state index in [1.54, 1.807) is 6.92 Å². The maximum absolute atomic E-state index is 12.9. The van der Waals surface area contributed by atoms with Gasteiger partial charge in [0.05, 0.1) is 5.56 Å². The average molecular weight is 255 g/mol. The van der Waals surface area contributed by atoms with E-state index in [-0.39, 0.29) is 23.6 Å². The van der Waals surface area contributed by atoms with Crippen LogP contribution in [0.2, 0.25) is 0 Å². The van der Waals surface area contributed by atoms with E-state index in [9.17, 15) is 14.3 Å². The van der Waals surface area contributed by atoms with E-state index >= 15 is 0 Å².